The van der Waals surface area contributed by atoms with Crippen LogP contribution in [-0.2, 0) is 12.8 Å². The molecule has 3 aliphatic heterocycles. The van der Waals surface area contributed by atoms with Gasteiger partial charge in [-0.25, -0.2) is 0 Å². The molecule has 3 aromatic carbocycles. The highest BCUT2D eigenvalue weighted by Crippen LogP contribution is 2.35. The second-order valence-corrected chi connectivity index (χ2v) is 9.21. The molecule has 37 heavy (non-hydrogen) atoms. The lowest BCUT2D eigenvalue weighted by atomic mass is 10.0. The SMILES string of the molecule is Cc1ccc2c(c1C)CCO2.Cc1ccc2c(c1C)OCC2.Cc1ccc2c(c1C)OCCO2.[2HH].[2HH].[2HH].[B].[B].[B]. The Bertz CT molecular complexity index is 1150. The minimum atomic E-state index is 0. The van der Waals surface area contributed by atoms with E-state index in [0.717, 1.165) is 49.1 Å². The summed E-state index contributed by atoms with van der Waals surface area (Å²) in [6.45, 7) is 15.7. The average Bonchev–Trinajstić information content (AvgIpc) is 3.53. The van der Waals surface area contributed by atoms with Gasteiger partial charge in [0.15, 0.2) is 11.5 Å². The van der Waals surface area contributed by atoms with Gasteiger partial charge in [-0.1, -0.05) is 24.3 Å². The Kier molecular flexibility index (Phi) is 12.2. The first-order valence-corrected chi connectivity index (χ1v) is 12.2. The van der Waals surface area contributed by atoms with Crippen LogP contribution < -0.4 is 18.9 Å². The van der Waals surface area contributed by atoms with E-state index in [-0.39, 0.29) is 29.5 Å². The third-order valence-corrected chi connectivity index (χ3v) is 7.04. The molecule has 0 spiro atoms. The Balaban J connectivity index is -0.000000478. The van der Waals surface area contributed by atoms with Gasteiger partial charge < -0.3 is 18.9 Å². The minimum absolute atomic E-state index is 0. The van der Waals surface area contributed by atoms with E-state index in [1.54, 1.807) is 0 Å². The summed E-state index contributed by atoms with van der Waals surface area (Å²) in [7, 11) is 0. The normalized spacial score (nSPS) is 13.2. The maximum Gasteiger partial charge on any atom is 0.164 e. The largest absolute Gasteiger partial charge is 0.493 e. The molecule has 0 unspecified atom stereocenters. The van der Waals surface area contributed by atoms with Gasteiger partial charge in [0.1, 0.15) is 24.7 Å². The molecule has 0 aliphatic carbocycles. The van der Waals surface area contributed by atoms with E-state index in [9.17, 15) is 0 Å². The van der Waals surface area contributed by atoms with Gasteiger partial charge in [-0.05, 0) is 92.6 Å². The van der Waals surface area contributed by atoms with Crippen LogP contribution in [0.5, 0.6) is 23.0 Å². The number of benzene rings is 3. The van der Waals surface area contributed by atoms with E-state index in [1.807, 2.05) is 6.07 Å². The van der Waals surface area contributed by atoms with Crippen molar-refractivity contribution in [3.8, 4) is 23.0 Å². The number of hydrogen-bond donors (Lipinski definition) is 0. The van der Waals surface area contributed by atoms with Crippen LogP contribution in [0.3, 0.4) is 0 Å². The Hall–Kier alpha value is -2.95. The summed E-state index contributed by atoms with van der Waals surface area (Å²) in [5, 5.41) is 0. The Morgan fingerprint density at radius 2 is 0.973 bits per heavy atom. The summed E-state index contributed by atoms with van der Waals surface area (Å²) >= 11 is 0. The number of ether oxygens (including phenoxy) is 4. The van der Waals surface area contributed by atoms with Crippen molar-refractivity contribution in [2.75, 3.05) is 26.4 Å². The maximum atomic E-state index is 5.51. The molecule has 3 aliphatic rings. The molecule has 4 nitrogen and oxygen atoms in total. The zero-order chi connectivity index (χ0) is 24.2. The Labute approximate surface area is 233 Å². The molecule has 195 valence electrons. The molecule has 3 heterocycles. The number of rotatable bonds is 0. The standard InChI is InChI=1S/C10H12O2.2C10H12O.3B.3H2/c1-7-3-4-9-10(8(7)2)12-6-5-11-9;1-7-3-4-10-9(8(7)2)5-6-11-10;1-7-3-4-9-5-6-11-10(9)8(7)2;;;;;;/h3-4H,5-6H2,1-2H3;2*3-4H,5-6H2,1-2H3;;;;3*1H/i;;;;;;3*1+1. The van der Waals surface area contributed by atoms with E-state index in [1.165, 1.54) is 44.5 Å². The quantitative estimate of drug-likeness (QED) is 0.346. The van der Waals surface area contributed by atoms with Crippen LogP contribution in [0.25, 0.3) is 0 Å². The van der Waals surface area contributed by atoms with E-state index < -0.39 is 0 Å². The Morgan fingerprint density at radius 3 is 1.68 bits per heavy atom. The number of aryl methyl sites for hydroxylation is 3. The minimum Gasteiger partial charge on any atom is -0.493 e. The topological polar surface area (TPSA) is 36.9 Å². The summed E-state index contributed by atoms with van der Waals surface area (Å²) in [6, 6.07) is 12.6. The van der Waals surface area contributed by atoms with Crippen LogP contribution in [0.4, 0.5) is 0 Å². The second kappa shape index (κ2) is 14.1. The molecule has 0 fully saturated rings. The molecule has 0 saturated heterocycles. The number of hydrogen-bond acceptors (Lipinski definition) is 4. The molecule has 0 saturated carbocycles. The highest BCUT2D eigenvalue weighted by Gasteiger charge is 2.16. The fourth-order valence-corrected chi connectivity index (χ4v) is 4.42. The van der Waals surface area contributed by atoms with Gasteiger partial charge >= 0.3 is 0 Å². The van der Waals surface area contributed by atoms with Gasteiger partial charge in [0.25, 0.3) is 0 Å². The van der Waals surface area contributed by atoms with Crippen molar-refractivity contribution in [1.82, 2.24) is 0 Å². The lowest BCUT2D eigenvalue weighted by Crippen LogP contribution is -2.16. The van der Waals surface area contributed by atoms with Crippen LogP contribution in [-0.4, -0.2) is 51.7 Å². The van der Waals surface area contributed by atoms with E-state index in [2.05, 4.69) is 71.9 Å². The first-order valence-electron chi connectivity index (χ1n) is 12.2. The first kappa shape index (κ1) is 32.1. The molecule has 9 radical (unpaired) electrons. The molecule has 6 rings (SSSR count). The van der Waals surface area contributed by atoms with Gasteiger partial charge in [-0.15, -0.1) is 0 Å². The van der Waals surface area contributed by atoms with Gasteiger partial charge in [0, 0.05) is 47.9 Å². The Morgan fingerprint density at radius 1 is 0.486 bits per heavy atom. The molecule has 0 bridgehead atoms. The monoisotopic (exact) mass is 502 g/mol. The van der Waals surface area contributed by atoms with Crippen molar-refractivity contribution in [2.24, 2.45) is 0 Å². The fraction of sp³-hybridized carbons (Fsp3) is 0.400. The van der Waals surface area contributed by atoms with Gasteiger partial charge in [-0.3, -0.25) is 0 Å². The van der Waals surface area contributed by atoms with Crippen LogP contribution in [0.1, 0.15) is 48.8 Å². The molecular weight excluding hydrogens is 457 g/mol. The summed E-state index contributed by atoms with van der Waals surface area (Å²) in [5.74, 6) is 4.02. The summed E-state index contributed by atoms with van der Waals surface area (Å²) in [5.41, 5.74) is 10.6. The smallest absolute Gasteiger partial charge is 0.164 e. The predicted octanol–water partition coefficient (Wildman–Crippen LogP) is 6.15. The zero-order valence-corrected chi connectivity index (χ0v) is 23.1. The third-order valence-electron chi connectivity index (χ3n) is 7.04. The lowest BCUT2D eigenvalue weighted by molar-refractivity contribution is 0.170. The number of fused-ring (bicyclic) bond motifs is 3. The van der Waals surface area contributed by atoms with Crippen molar-refractivity contribution in [2.45, 2.75) is 54.4 Å². The third kappa shape index (κ3) is 7.09. The van der Waals surface area contributed by atoms with Crippen molar-refractivity contribution < 1.29 is 23.2 Å². The zero-order valence-electron chi connectivity index (χ0n) is 23.1. The molecule has 0 N–H and O–H groups in total. The van der Waals surface area contributed by atoms with E-state index in [0.29, 0.717) is 13.2 Å². The van der Waals surface area contributed by atoms with Crippen molar-refractivity contribution in [3.63, 3.8) is 0 Å². The summed E-state index contributed by atoms with van der Waals surface area (Å²) in [4.78, 5) is 0. The van der Waals surface area contributed by atoms with Gasteiger partial charge in [0.05, 0.1) is 13.2 Å². The predicted molar refractivity (Wildman–Crippen MR) is 161 cm³/mol. The average molecular weight is 502 g/mol. The van der Waals surface area contributed by atoms with Crippen LogP contribution in [0.2, 0.25) is 0 Å². The molecular formula is C30H42B3O4. The van der Waals surface area contributed by atoms with Crippen molar-refractivity contribution in [1.29, 1.82) is 0 Å². The molecule has 0 atom stereocenters. The van der Waals surface area contributed by atoms with Gasteiger partial charge in [0.2, 0.25) is 0 Å². The fourth-order valence-electron chi connectivity index (χ4n) is 4.42. The molecule has 0 amide bonds. The van der Waals surface area contributed by atoms with E-state index in [4.69, 9.17) is 18.9 Å². The molecule has 0 aromatic heterocycles. The van der Waals surface area contributed by atoms with E-state index >= 15 is 0 Å². The lowest BCUT2D eigenvalue weighted by Gasteiger charge is -2.20. The van der Waals surface area contributed by atoms with Crippen LogP contribution >= 0.6 is 0 Å². The van der Waals surface area contributed by atoms with Gasteiger partial charge in [-0.2, -0.15) is 0 Å². The second-order valence-electron chi connectivity index (χ2n) is 9.21. The molecule has 7 heteroatoms. The van der Waals surface area contributed by atoms with Crippen LogP contribution in [0, 0.1) is 41.5 Å². The summed E-state index contributed by atoms with van der Waals surface area (Å²) < 4.78 is 21.9. The van der Waals surface area contributed by atoms with Crippen molar-refractivity contribution in [3.05, 3.63) is 80.9 Å². The first-order chi connectivity index (χ1) is 16.4. The highest BCUT2D eigenvalue weighted by atomic mass is 16.6. The maximum absolute atomic E-state index is 5.51. The van der Waals surface area contributed by atoms with Crippen molar-refractivity contribution >= 4 is 25.2 Å². The van der Waals surface area contributed by atoms with Crippen LogP contribution in [0.15, 0.2) is 36.4 Å². The molecule has 3 aromatic rings. The summed E-state index contributed by atoms with van der Waals surface area (Å²) in [6.07, 6.45) is 2.17. The highest BCUT2D eigenvalue weighted by molar-refractivity contribution is 5.76.